The van der Waals surface area contributed by atoms with Crippen LogP contribution < -0.4 is 9.64 Å². The number of benzene rings is 2. The van der Waals surface area contributed by atoms with Crippen molar-refractivity contribution in [1.29, 1.82) is 0 Å². The fraction of sp³-hybridized carbons (Fsp3) is 0.208. The number of hydrogen-bond donors (Lipinski definition) is 0. The van der Waals surface area contributed by atoms with Crippen LogP contribution in [0.4, 0.5) is 10.8 Å². The van der Waals surface area contributed by atoms with Gasteiger partial charge in [0.2, 0.25) is 0 Å². The van der Waals surface area contributed by atoms with Gasteiger partial charge in [0, 0.05) is 43.7 Å². The molecule has 0 spiro atoms. The van der Waals surface area contributed by atoms with E-state index in [2.05, 4.69) is 9.97 Å². The Morgan fingerprint density at radius 1 is 1.26 bits per heavy atom. The summed E-state index contributed by atoms with van der Waals surface area (Å²) in [6.45, 7) is 3.69. The van der Waals surface area contributed by atoms with E-state index in [0.717, 1.165) is 22.5 Å². The van der Waals surface area contributed by atoms with Crippen molar-refractivity contribution in [3.05, 3.63) is 82.9 Å². The summed E-state index contributed by atoms with van der Waals surface area (Å²) in [5.41, 5.74) is 1.50. The molecule has 11 heteroatoms. The number of carbonyl (C=O) groups is 1. The highest BCUT2D eigenvalue weighted by molar-refractivity contribution is 7.22. The van der Waals surface area contributed by atoms with Gasteiger partial charge in [-0.05, 0) is 55.3 Å². The SMILES string of the molecule is CCOc1ccc2nc(N(CCCn3ccnc3)C(=O)/C=C/c3ccc([N+](=O)[O-])cc3)sc2c1.Cl. The van der Waals surface area contributed by atoms with Crippen molar-refractivity contribution >= 4 is 56.8 Å². The number of anilines is 1. The average Bonchev–Trinajstić information content (AvgIpc) is 3.50. The molecule has 0 aliphatic rings. The second kappa shape index (κ2) is 12.1. The molecule has 2 heterocycles. The van der Waals surface area contributed by atoms with Crippen LogP contribution in [0, 0.1) is 10.1 Å². The molecule has 0 N–H and O–H groups in total. The lowest BCUT2D eigenvalue weighted by Gasteiger charge is -2.18. The maximum Gasteiger partial charge on any atom is 0.269 e. The van der Waals surface area contributed by atoms with Crippen LogP contribution >= 0.6 is 23.7 Å². The van der Waals surface area contributed by atoms with Gasteiger partial charge >= 0.3 is 0 Å². The van der Waals surface area contributed by atoms with Gasteiger partial charge in [-0.2, -0.15) is 0 Å². The highest BCUT2D eigenvalue weighted by Crippen LogP contribution is 2.32. The first-order valence-corrected chi connectivity index (χ1v) is 11.6. The van der Waals surface area contributed by atoms with Crippen LogP contribution in [0.5, 0.6) is 5.75 Å². The fourth-order valence-electron chi connectivity index (χ4n) is 3.36. The Morgan fingerprint density at radius 3 is 2.74 bits per heavy atom. The van der Waals surface area contributed by atoms with Crippen LogP contribution in [0.15, 0.2) is 67.3 Å². The van der Waals surface area contributed by atoms with Crippen molar-refractivity contribution in [2.75, 3.05) is 18.1 Å². The molecule has 1 amide bonds. The number of imidazole rings is 1. The summed E-state index contributed by atoms with van der Waals surface area (Å²) in [4.78, 5) is 34.0. The lowest BCUT2D eigenvalue weighted by molar-refractivity contribution is -0.384. The number of non-ortho nitro benzene ring substituents is 1. The van der Waals surface area contributed by atoms with Crippen LogP contribution in [0.25, 0.3) is 16.3 Å². The molecule has 0 aliphatic heterocycles. The fourth-order valence-corrected chi connectivity index (χ4v) is 4.39. The number of amides is 1. The lowest BCUT2D eigenvalue weighted by atomic mass is 10.2. The number of nitrogens with zero attached hydrogens (tertiary/aromatic N) is 5. The van der Waals surface area contributed by atoms with E-state index in [9.17, 15) is 14.9 Å². The maximum absolute atomic E-state index is 13.2. The molecule has 0 atom stereocenters. The zero-order chi connectivity index (χ0) is 23.9. The van der Waals surface area contributed by atoms with E-state index in [-0.39, 0.29) is 24.0 Å². The van der Waals surface area contributed by atoms with E-state index in [0.29, 0.717) is 30.3 Å². The standard InChI is InChI=1S/C24H23N5O4S.ClH/c1-2-33-20-9-10-21-22(16-20)34-24(26-21)28(14-3-13-27-15-12-25-17-27)23(30)11-6-18-4-7-19(8-5-18)29(31)32;/h4-12,15-17H,2-3,13-14H2,1H3;1H/b11-6+;. The van der Waals surface area contributed by atoms with E-state index < -0.39 is 4.92 Å². The van der Waals surface area contributed by atoms with E-state index in [1.807, 2.05) is 35.9 Å². The van der Waals surface area contributed by atoms with E-state index in [1.165, 1.54) is 29.5 Å². The van der Waals surface area contributed by atoms with Crippen molar-refractivity contribution in [2.24, 2.45) is 0 Å². The first-order valence-electron chi connectivity index (χ1n) is 10.8. The largest absolute Gasteiger partial charge is 0.494 e. The van der Waals surface area contributed by atoms with Gasteiger partial charge in [-0.3, -0.25) is 19.8 Å². The molecular weight excluding hydrogens is 490 g/mol. The third kappa shape index (κ3) is 6.65. The molecule has 0 unspecified atom stereocenters. The van der Waals surface area contributed by atoms with Crippen molar-refractivity contribution < 1.29 is 14.5 Å². The highest BCUT2D eigenvalue weighted by atomic mass is 35.5. The summed E-state index contributed by atoms with van der Waals surface area (Å²) in [6, 6.07) is 11.7. The molecule has 182 valence electrons. The number of hydrogen-bond acceptors (Lipinski definition) is 7. The molecule has 0 saturated heterocycles. The molecular formula is C24H24ClN5O4S. The molecule has 0 radical (unpaired) electrons. The van der Waals surface area contributed by atoms with Gasteiger partial charge in [-0.1, -0.05) is 11.3 Å². The molecule has 2 aromatic carbocycles. The topological polar surface area (TPSA) is 103 Å². The van der Waals surface area contributed by atoms with Gasteiger partial charge < -0.3 is 9.30 Å². The number of nitro groups is 1. The van der Waals surface area contributed by atoms with Crippen LogP contribution in [0.1, 0.15) is 18.9 Å². The Labute approximate surface area is 212 Å². The number of aromatic nitrogens is 3. The summed E-state index contributed by atoms with van der Waals surface area (Å²) in [5, 5.41) is 11.5. The number of rotatable bonds is 10. The van der Waals surface area contributed by atoms with Crippen molar-refractivity contribution in [3.8, 4) is 5.75 Å². The molecule has 0 fully saturated rings. The molecule has 0 saturated carbocycles. The van der Waals surface area contributed by atoms with Crippen molar-refractivity contribution in [3.63, 3.8) is 0 Å². The van der Waals surface area contributed by atoms with Gasteiger partial charge in [0.05, 0.1) is 28.1 Å². The number of carbonyl (C=O) groups excluding carboxylic acids is 1. The Bertz CT molecular complexity index is 1310. The third-order valence-corrected chi connectivity index (χ3v) is 6.08. The molecule has 0 aliphatic carbocycles. The van der Waals surface area contributed by atoms with Crippen LogP contribution in [-0.4, -0.2) is 38.5 Å². The third-order valence-electron chi connectivity index (χ3n) is 5.04. The van der Waals surface area contributed by atoms with Gasteiger partial charge in [-0.15, -0.1) is 12.4 Å². The minimum atomic E-state index is -0.454. The van der Waals surface area contributed by atoms with Crippen LogP contribution in [0.3, 0.4) is 0 Å². The Hall–Kier alpha value is -3.76. The number of halogens is 1. The summed E-state index contributed by atoms with van der Waals surface area (Å²) >= 11 is 1.43. The average molecular weight is 514 g/mol. The first kappa shape index (κ1) is 25.9. The minimum Gasteiger partial charge on any atom is -0.494 e. The monoisotopic (exact) mass is 513 g/mol. The summed E-state index contributed by atoms with van der Waals surface area (Å²) in [5.74, 6) is 0.550. The van der Waals surface area contributed by atoms with E-state index in [4.69, 9.17) is 4.74 Å². The molecule has 4 aromatic rings. The first-order chi connectivity index (χ1) is 16.5. The molecule has 2 aromatic heterocycles. The van der Waals surface area contributed by atoms with E-state index in [1.54, 1.807) is 35.6 Å². The predicted molar refractivity (Wildman–Crippen MR) is 139 cm³/mol. The number of ether oxygens (including phenoxy) is 1. The second-order valence-electron chi connectivity index (χ2n) is 7.38. The van der Waals surface area contributed by atoms with Gasteiger partial charge in [0.25, 0.3) is 11.6 Å². The van der Waals surface area contributed by atoms with Crippen molar-refractivity contribution in [1.82, 2.24) is 14.5 Å². The summed E-state index contributed by atoms with van der Waals surface area (Å²) < 4.78 is 8.48. The Balaban J connectivity index is 0.00000342. The lowest BCUT2D eigenvalue weighted by Crippen LogP contribution is -2.30. The predicted octanol–water partition coefficient (Wildman–Crippen LogP) is 5.36. The zero-order valence-electron chi connectivity index (χ0n) is 18.9. The molecule has 9 nitrogen and oxygen atoms in total. The summed E-state index contributed by atoms with van der Waals surface area (Å²) in [6.07, 6.45) is 9.18. The van der Waals surface area contributed by atoms with Gasteiger partial charge in [0.1, 0.15) is 5.75 Å². The quantitative estimate of drug-likeness (QED) is 0.161. The number of aryl methyl sites for hydroxylation is 1. The minimum absolute atomic E-state index is 0. The number of fused-ring (bicyclic) bond motifs is 1. The zero-order valence-corrected chi connectivity index (χ0v) is 20.6. The Morgan fingerprint density at radius 2 is 2.06 bits per heavy atom. The number of nitro benzene ring substituents is 1. The number of thiazole rings is 1. The maximum atomic E-state index is 13.2. The second-order valence-corrected chi connectivity index (χ2v) is 8.39. The normalized spacial score (nSPS) is 10.9. The van der Waals surface area contributed by atoms with Crippen LogP contribution in [-0.2, 0) is 11.3 Å². The Kier molecular flexibility index (Phi) is 8.93. The smallest absolute Gasteiger partial charge is 0.269 e. The summed E-state index contributed by atoms with van der Waals surface area (Å²) in [7, 11) is 0. The highest BCUT2D eigenvalue weighted by Gasteiger charge is 2.18. The molecule has 0 bridgehead atoms. The van der Waals surface area contributed by atoms with E-state index >= 15 is 0 Å². The van der Waals surface area contributed by atoms with Gasteiger partial charge in [0.15, 0.2) is 5.13 Å². The van der Waals surface area contributed by atoms with Crippen molar-refractivity contribution in [2.45, 2.75) is 19.9 Å². The van der Waals surface area contributed by atoms with Gasteiger partial charge in [-0.25, -0.2) is 9.97 Å². The molecule has 35 heavy (non-hydrogen) atoms. The molecule has 4 rings (SSSR count). The van der Waals surface area contributed by atoms with Crippen LogP contribution in [0.2, 0.25) is 0 Å².